The summed E-state index contributed by atoms with van der Waals surface area (Å²) in [6, 6.07) is 4.88. The van der Waals surface area contributed by atoms with Crippen LogP contribution in [0.15, 0.2) is 41.7 Å². The van der Waals surface area contributed by atoms with Gasteiger partial charge >= 0.3 is 0 Å². The standard InChI is InChI=1S/C29H39FN4O2S/c1-19(2)37(31,35)28-14-25(30)5-6-26(28)34-18-24(29-20(3)15-32-16-27(29)34)13-22-7-10-33(17-22)21(4)23-8-11-36-12-9-23/h5-6,14-16,18-19,21-23,31H,7-13,17H2,1-4H3/t21-,22+,37+/m0/s1. The Morgan fingerprint density at radius 3 is 2.68 bits per heavy atom. The molecular formula is C29H39FN4O2S. The normalized spacial score (nSPS) is 22.1. The highest BCUT2D eigenvalue weighted by Crippen LogP contribution is 2.35. The molecule has 2 saturated heterocycles. The molecule has 0 aliphatic carbocycles. The second-order valence-corrected chi connectivity index (χ2v) is 13.8. The van der Waals surface area contributed by atoms with Crippen molar-refractivity contribution in [3.05, 3.63) is 53.7 Å². The predicted octanol–water partition coefficient (Wildman–Crippen LogP) is 5.97. The van der Waals surface area contributed by atoms with Crippen LogP contribution in [0.4, 0.5) is 4.39 Å². The molecule has 6 nitrogen and oxygen atoms in total. The molecule has 0 spiro atoms. The number of hydrogen-bond acceptors (Lipinski definition) is 5. The highest BCUT2D eigenvalue weighted by atomic mass is 32.2. The zero-order valence-corrected chi connectivity index (χ0v) is 23.2. The van der Waals surface area contributed by atoms with Crippen molar-refractivity contribution in [1.29, 1.82) is 4.78 Å². The second-order valence-electron chi connectivity index (χ2n) is 11.2. The predicted molar refractivity (Wildman–Crippen MR) is 146 cm³/mol. The highest BCUT2D eigenvalue weighted by Gasteiger charge is 2.32. The maximum Gasteiger partial charge on any atom is 0.124 e. The number of fused-ring (bicyclic) bond motifs is 1. The van der Waals surface area contributed by atoms with Crippen molar-refractivity contribution in [2.45, 2.75) is 69.6 Å². The Kier molecular flexibility index (Phi) is 7.44. The number of hydrogen-bond donors (Lipinski definition) is 1. The number of rotatable bonds is 7. The number of halogens is 1. The Morgan fingerprint density at radius 2 is 1.95 bits per heavy atom. The Bertz CT molecular complexity index is 1380. The molecule has 5 rings (SSSR count). The first-order valence-electron chi connectivity index (χ1n) is 13.5. The van der Waals surface area contributed by atoms with Crippen LogP contribution in [0.5, 0.6) is 0 Å². The van der Waals surface area contributed by atoms with E-state index >= 15 is 0 Å². The minimum atomic E-state index is -3.19. The molecule has 2 aliphatic heterocycles. The van der Waals surface area contributed by atoms with Gasteiger partial charge in [0.2, 0.25) is 0 Å². The lowest BCUT2D eigenvalue weighted by atomic mass is 9.92. The Morgan fingerprint density at radius 1 is 1.19 bits per heavy atom. The van der Waals surface area contributed by atoms with E-state index in [1.54, 1.807) is 19.9 Å². The first-order valence-corrected chi connectivity index (χ1v) is 15.1. The van der Waals surface area contributed by atoms with Gasteiger partial charge in [0.25, 0.3) is 0 Å². The van der Waals surface area contributed by atoms with Crippen LogP contribution < -0.4 is 0 Å². The SMILES string of the molecule is Cc1cncc2c1c(C[C@H]1CCN([C@@H](C)C3CCOCC3)C1)cn2-c1ccc(F)cc1[S@](=N)(=O)C(C)C. The molecule has 8 heteroatoms. The summed E-state index contributed by atoms with van der Waals surface area (Å²) in [5.74, 6) is 0.785. The number of aromatic nitrogens is 2. The van der Waals surface area contributed by atoms with Crippen molar-refractivity contribution in [1.82, 2.24) is 14.5 Å². The zero-order valence-electron chi connectivity index (χ0n) is 22.4. The third-order valence-electron chi connectivity index (χ3n) is 8.50. The number of pyridine rings is 1. The number of nitrogens with one attached hydrogen (secondary N) is 1. The average Bonchev–Trinajstić information content (AvgIpc) is 3.50. The summed E-state index contributed by atoms with van der Waals surface area (Å²) < 4.78 is 43.9. The van der Waals surface area contributed by atoms with Crippen LogP contribution in [0.3, 0.4) is 0 Å². The molecule has 4 heterocycles. The lowest BCUT2D eigenvalue weighted by Gasteiger charge is -2.34. The number of ether oxygens (including phenoxy) is 1. The highest BCUT2D eigenvalue weighted by molar-refractivity contribution is 7.93. The third-order valence-corrected chi connectivity index (χ3v) is 10.8. The van der Waals surface area contributed by atoms with Gasteiger partial charge in [0.15, 0.2) is 0 Å². The summed E-state index contributed by atoms with van der Waals surface area (Å²) in [5, 5.41) is 0.721. The Labute approximate surface area is 220 Å². The van der Waals surface area contributed by atoms with E-state index in [4.69, 9.17) is 9.52 Å². The van der Waals surface area contributed by atoms with Crippen LogP contribution in [-0.4, -0.2) is 56.3 Å². The summed E-state index contributed by atoms with van der Waals surface area (Å²) in [4.78, 5) is 7.34. The molecule has 37 heavy (non-hydrogen) atoms. The van der Waals surface area contributed by atoms with Crippen LogP contribution in [0, 0.1) is 29.4 Å². The van der Waals surface area contributed by atoms with Crippen LogP contribution in [0.2, 0.25) is 0 Å². The molecule has 1 N–H and O–H groups in total. The minimum absolute atomic E-state index is 0.241. The maximum atomic E-state index is 14.3. The average molecular weight is 527 g/mol. The van der Waals surface area contributed by atoms with Crippen LogP contribution >= 0.6 is 0 Å². The summed E-state index contributed by atoms with van der Waals surface area (Å²) in [6.07, 6.45) is 10.2. The van der Waals surface area contributed by atoms with Gasteiger partial charge in [-0.1, -0.05) is 0 Å². The smallest absolute Gasteiger partial charge is 0.124 e. The van der Waals surface area contributed by atoms with E-state index in [9.17, 15) is 8.60 Å². The van der Waals surface area contributed by atoms with Crippen molar-refractivity contribution in [2.75, 3.05) is 26.3 Å². The van der Waals surface area contributed by atoms with Gasteiger partial charge in [0.1, 0.15) is 5.82 Å². The van der Waals surface area contributed by atoms with Crippen molar-refractivity contribution in [3.8, 4) is 5.69 Å². The van der Waals surface area contributed by atoms with Crippen molar-refractivity contribution >= 4 is 20.6 Å². The summed E-state index contributed by atoms with van der Waals surface area (Å²) in [6.45, 7) is 11.9. The number of aryl methyl sites for hydroxylation is 1. The number of benzene rings is 1. The van der Waals surface area contributed by atoms with E-state index in [0.29, 0.717) is 23.6 Å². The fourth-order valence-electron chi connectivity index (χ4n) is 6.19. The number of likely N-dealkylation sites (tertiary alicyclic amines) is 1. The van der Waals surface area contributed by atoms with Crippen molar-refractivity contribution in [3.63, 3.8) is 0 Å². The molecule has 2 aromatic heterocycles. The lowest BCUT2D eigenvalue weighted by Crippen LogP contribution is -2.39. The van der Waals surface area contributed by atoms with E-state index in [-0.39, 0.29) is 4.90 Å². The van der Waals surface area contributed by atoms with Crippen LogP contribution in [0.1, 0.15) is 51.2 Å². The molecule has 0 unspecified atom stereocenters. The second kappa shape index (κ2) is 10.5. The van der Waals surface area contributed by atoms with Crippen LogP contribution in [0.25, 0.3) is 16.6 Å². The first kappa shape index (κ1) is 26.3. The topological polar surface area (TPSA) is 71.2 Å². The molecule has 3 aromatic rings. The van der Waals surface area contributed by atoms with E-state index in [1.165, 1.54) is 24.1 Å². The van der Waals surface area contributed by atoms with Crippen molar-refractivity contribution < 1.29 is 13.3 Å². The van der Waals surface area contributed by atoms with Gasteiger partial charge in [-0.2, -0.15) is 0 Å². The Hall–Kier alpha value is -2.29. The molecule has 0 radical (unpaired) electrons. The van der Waals surface area contributed by atoms with Gasteiger partial charge in [0, 0.05) is 48.8 Å². The number of nitrogens with zero attached hydrogens (tertiary/aromatic N) is 3. The summed E-state index contributed by atoms with van der Waals surface area (Å²) >= 11 is 0. The fourth-order valence-corrected chi connectivity index (χ4v) is 7.46. The quantitative estimate of drug-likeness (QED) is 0.412. The van der Waals surface area contributed by atoms with Gasteiger partial charge in [0.05, 0.1) is 32.0 Å². The van der Waals surface area contributed by atoms with Gasteiger partial charge in [-0.05, 0) is 101 Å². The fraction of sp³-hybridized carbons (Fsp3) is 0.552. The molecule has 0 saturated carbocycles. The maximum absolute atomic E-state index is 14.3. The van der Waals surface area contributed by atoms with E-state index < -0.39 is 20.8 Å². The molecule has 2 fully saturated rings. The molecular weight excluding hydrogens is 487 g/mol. The van der Waals surface area contributed by atoms with Gasteiger partial charge in [-0.3, -0.25) is 4.98 Å². The van der Waals surface area contributed by atoms with E-state index in [1.807, 2.05) is 17.0 Å². The molecule has 0 bridgehead atoms. The minimum Gasteiger partial charge on any atom is -0.381 e. The summed E-state index contributed by atoms with van der Waals surface area (Å²) in [7, 11) is -3.19. The third kappa shape index (κ3) is 5.08. The van der Waals surface area contributed by atoms with Gasteiger partial charge in [-0.15, -0.1) is 0 Å². The van der Waals surface area contributed by atoms with Gasteiger partial charge < -0.3 is 14.2 Å². The molecule has 2 aliphatic rings. The molecule has 0 amide bonds. The lowest BCUT2D eigenvalue weighted by molar-refractivity contribution is 0.0348. The molecule has 200 valence electrons. The zero-order chi connectivity index (χ0) is 26.3. The van der Waals surface area contributed by atoms with E-state index in [0.717, 1.165) is 62.0 Å². The largest absolute Gasteiger partial charge is 0.381 e. The monoisotopic (exact) mass is 526 g/mol. The molecule has 3 atom stereocenters. The Balaban J connectivity index is 1.48. The van der Waals surface area contributed by atoms with Crippen LogP contribution in [-0.2, 0) is 20.9 Å². The summed E-state index contributed by atoms with van der Waals surface area (Å²) in [5.41, 5.74) is 3.83. The van der Waals surface area contributed by atoms with Crippen molar-refractivity contribution in [2.24, 2.45) is 11.8 Å². The van der Waals surface area contributed by atoms with E-state index in [2.05, 4.69) is 29.9 Å². The first-order chi connectivity index (χ1) is 17.7. The molecule has 1 aromatic carbocycles. The van der Waals surface area contributed by atoms with Gasteiger partial charge in [-0.25, -0.2) is 13.4 Å².